The summed E-state index contributed by atoms with van der Waals surface area (Å²) in [5, 5.41) is 2.37. The molecular weight excluding hydrogens is 318 g/mol. The van der Waals surface area contributed by atoms with Gasteiger partial charge in [-0.1, -0.05) is 0 Å². The van der Waals surface area contributed by atoms with Crippen LogP contribution in [0.15, 0.2) is 40.8 Å². The van der Waals surface area contributed by atoms with Crippen molar-refractivity contribution >= 4 is 5.91 Å². The normalized spacial score (nSPS) is 11.5. The van der Waals surface area contributed by atoms with Gasteiger partial charge in [-0.25, -0.2) is 4.39 Å². The Balaban J connectivity index is 1.83. The first-order chi connectivity index (χ1) is 10.8. The average Bonchev–Trinajstić information content (AvgIpc) is 2.96. The van der Waals surface area contributed by atoms with Crippen LogP contribution in [0.3, 0.4) is 0 Å². The van der Waals surface area contributed by atoms with Crippen LogP contribution in [0.1, 0.15) is 10.6 Å². The molecule has 8 heteroatoms. The molecule has 0 atom stereocenters. The van der Waals surface area contributed by atoms with Crippen molar-refractivity contribution in [2.45, 2.75) is 6.18 Å². The molecule has 0 aliphatic heterocycles. The van der Waals surface area contributed by atoms with Gasteiger partial charge in [0.05, 0.1) is 6.61 Å². The number of alkyl halides is 3. The van der Waals surface area contributed by atoms with E-state index in [2.05, 4.69) is 10.1 Å². The van der Waals surface area contributed by atoms with Crippen LogP contribution in [0.4, 0.5) is 17.6 Å². The lowest BCUT2D eigenvalue weighted by atomic mass is 10.2. The molecule has 0 saturated heterocycles. The molecule has 4 nitrogen and oxygen atoms in total. The van der Waals surface area contributed by atoms with E-state index in [-0.39, 0.29) is 18.9 Å². The number of benzene rings is 1. The predicted octanol–water partition coefficient (Wildman–Crippen LogP) is 3.39. The number of hydrogen-bond donors (Lipinski definition) is 1. The minimum absolute atomic E-state index is 0.000136. The Morgan fingerprint density at radius 2 is 1.83 bits per heavy atom. The zero-order chi connectivity index (χ0) is 16.9. The zero-order valence-corrected chi connectivity index (χ0v) is 11.8. The van der Waals surface area contributed by atoms with Crippen molar-refractivity contribution in [3.63, 3.8) is 0 Å². The molecule has 1 amide bonds. The molecule has 1 aromatic heterocycles. The quantitative estimate of drug-likeness (QED) is 0.652. The number of hydrogen-bond acceptors (Lipinski definition) is 3. The molecule has 0 fully saturated rings. The molecule has 0 unspecified atom stereocenters. The van der Waals surface area contributed by atoms with Crippen molar-refractivity contribution in [1.82, 2.24) is 5.32 Å². The first kappa shape index (κ1) is 17.0. The Labute approximate surface area is 129 Å². The van der Waals surface area contributed by atoms with Crippen molar-refractivity contribution in [1.29, 1.82) is 0 Å². The summed E-state index contributed by atoms with van der Waals surface area (Å²) in [6, 6.07) is 8.49. The SMILES string of the molecule is O=C(NCCOCC(F)(F)F)c1ccc(-c2ccc(F)cc2)o1. The molecule has 0 saturated carbocycles. The number of amides is 1. The van der Waals surface area contributed by atoms with Crippen molar-refractivity contribution in [3.05, 3.63) is 48.0 Å². The Morgan fingerprint density at radius 1 is 1.13 bits per heavy atom. The molecule has 1 N–H and O–H groups in total. The summed E-state index contributed by atoms with van der Waals surface area (Å²) in [5.41, 5.74) is 0.596. The largest absolute Gasteiger partial charge is 0.451 e. The molecular formula is C15H13F4NO3. The first-order valence-electron chi connectivity index (χ1n) is 6.63. The van der Waals surface area contributed by atoms with Gasteiger partial charge in [-0.15, -0.1) is 0 Å². The summed E-state index contributed by atoms with van der Waals surface area (Å²) < 4.78 is 58.1. The van der Waals surface area contributed by atoms with E-state index in [1.54, 1.807) is 6.07 Å². The highest BCUT2D eigenvalue weighted by atomic mass is 19.4. The predicted molar refractivity (Wildman–Crippen MR) is 73.3 cm³/mol. The Kier molecular flexibility index (Phi) is 5.38. The van der Waals surface area contributed by atoms with Gasteiger partial charge in [-0.3, -0.25) is 4.79 Å². The van der Waals surface area contributed by atoms with Gasteiger partial charge >= 0.3 is 6.18 Å². The van der Waals surface area contributed by atoms with E-state index in [4.69, 9.17) is 4.42 Å². The third-order valence-electron chi connectivity index (χ3n) is 2.76. The molecule has 23 heavy (non-hydrogen) atoms. The second-order valence-electron chi connectivity index (χ2n) is 4.59. The van der Waals surface area contributed by atoms with E-state index in [1.165, 1.54) is 30.3 Å². The summed E-state index contributed by atoms with van der Waals surface area (Å²) >= 11 is 0. The number of carbonyl (C=O) groups is 1. The number of rotatable bonds is 6. The van der Waals surface area contributed by atoms with Crippen LogP contribution < -0.4 is 5.32 Å². The van der Waals surface area contributed by atoms with Crippen LogP contribution in [0, 0.1) is 5.82 Å². The van der Waals surface area contributed by atoms with Crippen molar-refractivity contribution in [3.8, 4) is 11.3 Å². The van der Waals surface area contributed by atoms with E-state index < -0.39 is 24.5 Å². The summed E-state index contributed by atoms with van der Waals surface area (Å²) in [7, 11) is 0. The number of furan rings is 1. The molecule has 1 aromatic carbocycles. The summed E-state index contributed by atoms with van der Waals surface area (Å²) in [6.07, 6.45) is -4.39. The highest BCUT2D eigenvalue weighted by Crippen LogP contribution is 2.22. The second-order valence-corrected chi connectivity index (χ2v) is 4.59. The maximum atomic E-state index is 12.8. The Morgan fingerprint density at radius 3 is 2.48 bits per heavy atom. The molecule has 0 spiro atoms. The third kappa shape index (κ3) is 5.41. The number of ether oxygens (including phenoxy) is 1. The van der Waals surface area contributed by atoms with Gasteiger partial charge in [-0.05, 0) is 36.4 Å². The summed E-state index contributed by atoms with van der Waals surface area (Å²) in [6.45, 7) is -1.71. The van der Waals surface area contributed by atoms with Crippen LogP contribution >= 0.6 is 0 Å². The Hall–Kier alpha value is -2.35. The highest BCUT2D eigenvalue weighted by molar-refractivity contribution is 5.92. The monoisotopic (exact) mass is 331 g/mol. The lowest BCUT2D eigenvalue weighted by molar-refractivity contribution is -0.173. The van der Waals surface area contributed by atoms with Gasteiger partial charge in [0.25, 0.3) is 5.91 Å². The van der Waals surface area contributed by atoms with E-state index in [0.717, 1.165) is 0 Å². The standard InChI is InChI=1S/C15H13F4NO3/c16-11-3-1-10(2-4-11)12-5-6-13(23-12)14(21)20-7-8-22-9-15(17,18)19/h1-6H,7-9H2,(H,20,21). The number of halogens is 4. The molecule has 0 radical (unpaired) electrons. The summed E-state index contributed by atoms with van der Waals surface area (Å²) in [5.74, 6) is -0.588. The van der Waals surface area contributed by atoms with Gasteiger partial charge in [0.1, 0.15) is 18.2 Å². The van der Waals surface area contributed by atoms with E-state index >= 15 is 0 Å². The minimum Gasteiger partial charge on any atom is -0.451 e. The van der Waals surface area contributed by atoms with Crippen LogP contribution in [0.5, 0.6) is 0 Å². The van der Waals surface area contributed by atoms with Crippen molar-refractivity contribution in [2.24, 2.45) is 0 Å². The minimum atomic E-state index is -4.39. The summed E-state index contributed by atoms with van der Waals surface area (Å²) in [4.78, 5) is 11.8. The molecule has 1 heterocycles. The maximum Gasteiger partial charge on any atom is 0.411 e. The van der Waals surface area contributed by atoms with Gasteiger partial charge < -0.3 is 14.5 Å². The number of nitrogens with one attached hydrogen (secondary N) is 1. The molecule has 0 bridgehead atoms. The van der Waals surface area contributed by atoms with Crippen LogP contribution in [-0.2, 0) is 4.74 Å². The lowest BCUT2D eigenvalue weighted by Crippen LogP contribution is -2.28. The molecule has 2 aromatic rings. The fraction of sp³-hybridized carbons (Fsp3) is 0.267. The van der Waals surface area contributed by atoms with Crippen LogP contribution in [0.2, 0.25) is 0 Å². The van der Waals surface area contributed by atoms with Crippen LogP contribution in [-0.4, -0.2) is 31.8 Å². The first-order valence-corrected chi connectivity index (χ1v) is 6.63. The molecule has 0 aliphatic carbocycles. The fourth-order valence-corrected chi connectivity index (χ4v) is 1.74. The molecule has 124 valence electrons. The molecule has 2 rings (SSSR count). The van der Waals surface area contributed by atoms with Gasteiger partial charge in [-0.2, -0.15) is 13.2 Å². The smallest absolute Gasteiger partial charge is 0.411 e. The van der Waals surface area contributed by atoms with Crippen molar-refractivity contribution in [2.75, 3.05) is 19.8 Å². The highest BCUT2D eigenvalue weighted by Gasteiger charge is 2.27. The van der Waals surface area contributed by atoms with Gasteiger partial charge in [0.2, 0.25) is 0 Å². The van der Waals surface area contributed by atoms with Crippen LogP contribution in [0.25, 0.3) is 11.3 Å². The average molecular weight is 331 g/mol. The second kappa shape index (κ2) is 7.28. The van der Waals surface area contributed by atoms with E-state index in [1.807, 2.05) is 0 Å². The van der Waals surface area contributed by atoms with Gasteiger partial charge in [0, 0.05) is 12.1 Å². The maximum absolute atomic E-state index is 12.8. The van der Waals surface area contributed by atoms with E-state index in [0.29, 0.717) is 11.3 Å². The third-order valence-corrected chi connectivity index (χ3v) is 2.76. The lowest BCUT2D eigenvalue weighted by Gasteiger charge is -2.07. The topological polar surface area (TPSA) is 51.5 Å². The fourth-order valence-electron chi connectivity index (χ4n) is 1.74. The zero-order valence-electron chi connectivity index (χ0n) is 11.8. The Bertz CT molecular complexity index is 649. The van der Waals surface area contributed by atoms with Gasteiger partial charge in [0.15, 0.2) is 5.76 Å². The number of carbonyl (C=O) groups excluding carboxylic acids is 1. The van der Waals surface area contributed by atoms with E-state index in [9.17, 15) is 22.4 Å². The van der Waals surface area contributed by atoms with Crippen molar-refractivity contribution < 1.29 is 31.5 Å². The molecule has 0 aliphatic rings.